The van der Waals surface area contributed by atoms with Gasteiger partial charge in [0.25, 0.3) is 5.91 Å². The summed E-state index contributed by atoms with van der Waals surface area (Å²) in [6.45, 7) is 4.96. The quantitative estimate of drug-likeness (QED) is 0.852. The summed E-state index contributed by atoms with van der Waals surface area (Å²) in [4.78, 5) is 16.1. The van der Waals surface area contributed by atoms with Gasteiger partial charge >= 0.3 is 0 Å². The van der Waals surface area contributed by atoms with E-state index in [4.69, 9.17) is 0 Å². The number of nitrogens with zero attached hydrogens (tertiary/aromatic N) is 1. The van der Waals surface area contributed by atoms with Crippen molar-refractivity contribution in [1.82, 2.24) is 10.3 Å². The van der Waals surface area contributed by atoms with E-state index in [-0.39, 0.29) is 17.4 Å². The van der Waals surface area contributed by atoms with Crippen LogP contribution in [0.5, 0.6) is 0 Å². The topological polar surface area (TPSA) is 62.2 Å². The molecule has 0 radical (unpaired) electrons. The van der Waals surface area contributed by atoms with Crippen LogP contribution in [0.3, 0.4) is 0 Å². The monoisotopic (exact) mass is 326 g/mol. The number of carbonyl (C=O) groups is 1. The first-order chi connectivity index (χ1) is 11.3. The average molecular weight is 326 g/mol. The molecule has 2 aromatic rings. The molecule has 0 aliphatic carbocycles. The second-order valence-corrected chi connectivity index (χ2v) is 6.04. The predicted molar refractivity (Wildman–Crippen MR) is 89.8 cm³/mol. The average Bonchev–Trinajstić information content (AvgIpc) is 2.52. The molecular weight excluding hydrogens is 307 g/mol. The molecule has 2 rings (SSSR count). The normalized spacial score (nSPS) is 12.0. The Hall–Kier alpha value is -2.71. The number of aliphatic hydroxyl groups is 1. The van der Waals surface area contributed by atoms with Crippen LogP contribution in [-0.2, 0) is 0 Å². The van der Waals surface area contributed by atoms with Gasteiger partial charge in [0.05, 0.1) is 11.6 Å². The number of amides is 1. The highest BCUT2D eigenvalue weighted by Crippen LogP contribution is 2.09. The van der Waals surface area contributed by atoms with Crippen molar-refractivity contribution in [3.63, 3.8) is 0 Å². The summed E-state index contributed by atoms with van der Waals surface area (Å²) in [5, 5.41) is 12.5. The lowest BCUT2D eigenvalue weighted by Crippen LogP contribution is -2.47. The summed E-state index contributed by atoms with van der Waals surface area (Å²) in [7, 11) is 0. The summed E-state index contributed by atoms with van der Waals surface area (Å²) < 4.78 is 13.1. The minimum atomic E-state index is -1.02. The summed E-state index contributed by atoms with van der Waals surface area (Å²) in [6, 6.07) is 8.82. The third-order valence-corrected chi connectivity index (χ3v) is 3.58. The van der Waals surface area contributed by atoms with Crippen molar-refractivity contribution in [2.24, 2.45) is 0 Å². The highest BCUT2D eigenvalue weighted by atomic mass is 19.1. The first kappa shape index (κ1) is 17.6. The molecule has 4 nitrogen and oxygen atoms in total. The van der Waals surface area contributed by atoms with Crippen LogP contribution in [0.25, 0.3) is 0 Å². The number of hydrogen-bond donors (Lipinski definition) is 2. The number of benzene rings is 1. The van der Waals surface area contributed by atoms with Crippen LogP contribution in [0.1, 0.15) is 42.4 Å². The lowest BCUT2D eigenvalue weighted by molar-refractivity contribution is 0.0407. The van der Waals surface area contributed by atoms with E-state index in [2.05, 4.69) is 22.1 Å². The molecule has 2 N–H and O–H groups in total. The SMILES string of the molecule is C[C@H](NC(=O)c1ccc(C#Cc2cccc(F)c2)cn1)C(C)(C)O. The second-order valence-electron chi connectivity index (χ2n) is 6.04. The Bertz CT molecular complexity index is 783. The van der Waals surface area contributed by atoms with E-state index in [1.165, 1.54) is 18.3 Å². The largest absolute Gasteiger partial charge is 0.388 e. The summed E-state index contributed by atoms with van der Waals surface area (Å²) in [5.74, 6) is 5.00. The molecule has 0 fully saturated rings. The third kappa shape index (κ3) is 4.90. The molecule has 5 heteroatoms. The molecule has 1 aromatic heterocycles. The van der Waals surface area contributed by atoms with E-state index in [1.807, 2.05) is 0 Å². The maximum absolute atomic E-state index is 13.1. The van der Waals surface area contributed by atoms with E-state index in [1.54, 1.807) is 45.0 Å². The number of carbonyl (C=O) groups excluding carboxylic acids is 1. The number of halogens is 1. The Balaban J connectivity index is 2.07. The minimum absolute atomic E-state index is 0.238. The fourth-order valence-corrected chi connectivity index (χ4v) is 1.76. The Morgan fingerprint density at radius 3 is 2.54 bits per heavy atom. The Morgan fingerprint density at radius 1 is 1.25 bits per heavy atom. The van der Waals surface area contributed by atoms with Crippen molar-refractivity contribution < 1.29 is 14.3 Å². The van der Waals surface area contributed by atoms with Gasteiger partial charge < -0.3 is 10.4 Å². The van der Waals surface area contributed by atoms with Crippen LogP contribution < -0.4 is 5.32 Å². The van der Waals surface area contributed by atoms with Gasteiger partial charge in [0, 0.05) is 17.3 Å². The fourth-order valence-electron chi connectivity index (χ4n) is 1.76. The molecule has 1 aromatic carbocycles. The van der Waals surface area contributed by atoms with E-state index in [0.717, 1.165) is 0 Å². The molecule has 0 spiro atoms. The Kier molecular flexibility index (Phi) is 5.32. The number of nitrogens with one attached hydrogen (secondary N) is 1. The van der Waals surface area contributed by atoms with Crippen molar-refractivity contribution in [3.05, 3.63) is 65.2 Å². The minimum Gasteiger partial charge on any atom is -0.388 e. The molecule has 0 saturated carbocycles. The Morgan fingerprint density at radius 2 is 1.96 bits per heavy atom. The van der Waals surface area contributed by atoms with Crippen LogP contribution >= 0.6 is 0 Å². The van der Waals surface area contributed by atoms with Crippen LogP contribution in [0.2, 0.25) is 0 Å². The second kappa shape index (κ2) is 7.24. The zero-order valence-electron chi connectivity index (χ0n) is 13.8. The van der Waals surface area contributed by atoms with Crippen molar-refractivity contribution >= 4 is 5.91 Å². The van der Waals surface area contributed by atoms with Gasteiger partial charge in [-0.2, -0.15) is 0 Å². The van der Waals surface area contributed by atoms with Crippen molar-refractivity contribution in [2.75, 3.05) is 0 Å². The molecular formula is C19H19FN2O2. The van der Waals surface area contributed by atoms with Crippen LogP contribution in [0.4, 0.5) is 4.39 Å². The summed E-state index contributed by atoms with van der Waals surface area (Å²) in [6.07, 6.45) is 1.48. The standard InChI is InChI=1S/C19H19FN2O2/c1-13(19(2,3)24)22-18(23)17-10-9-15(12-21-17)8-7-14-5-4-6-16(20)11-14/h4-6,9-13,24H,1-3H3,(H,22,23)/t13-/m0/s1. The molecule has 24 heavy (non-hydrogen) atoms. The van der Waals surface area contributed by atoms with Gasteiger partial charge in [-0.05, 0) is 51.1 Å². The van der Waals surface area contributed by atoms with Crippen molar-refractivity contribution in [3.8, 4) is 11.8 Å². The van der Waals surface area contributed by atoms with Crippen LogP contribution in [0, 0.1) is 17.7 Å². The van der Waals surface area contributed by atoms with Gasteiger partial charge in [-0.1, -0.05) is 17.9 Å². The molecule has 1 heterocycles. The van der Waals surface area contributed by atoms with E-state index >= 15 is 0 Å². The third-order valence-electron chi connectivity index (χ3n) is 3.58. The number of rotatable bonds is 3. The molecule has 0 bridgehead atoms. The Labute approximate surface area is 140 Å². The lowest BCUT2D eigenvalue weighted by Gasteiger charge is -2.26. The first-order valence-corrected chi connectivity index (χ1v) is 7.52. The number of hydrogen-bond acceptors (Lipinski definition) is 3. The zero-order chi connectivity index (χ0) is 17.7. The molecule has 1 atom stereocenters. The first-order valence-electron chi connectivity index (χ1n) is 7.52. The number of pyridine rings is 1. The van der Waals surface area contributed by atoms with Gasteiger partial charge in [0.2, 0.25) is 0 Å². The molecule has 0 saturated heterocycles. The van der Waals surface area contributed by atoms with Gasteiger partial charge in [0.15, 0.2) is 0 Å². The van der Waals surface area contributed by atoms with Gasteiger partial charge in [0.1, 0.15) is 11.5 Å². The molecule has 0 unspecified atom stereocenters. The molecule has 0 aliphatic rings. The highest BCUT2D eigenvalue weighted by molar-refractivity contribution is 5.92. The maximum Gasteiger partial charge on any atom is 0.270 e. The molecule has 124 valence electrons. The molecule has 0 aliphatic heterocycles. The smallest absolute Gasteiger partial charge is 0.270 e. The van der Waals surface area contributed by atoms with Gasteiger partial charge in [-0.15, -0.1) is 0 Å². The predicted octanol–water partition coefficient (Wildman–Crippen LogP) is 2.51. The lowest BCUT2D eigenvalue weighted by atomic mass is 10.0. The van der Waals surface area contributed by atoms with Crippen LogP contribution in [0.15, 0.2) is 42.6 Å². The van der Waals surface area contributed by atoms with Crippen molar-refractivity contribution in [1.29, 1.82) is 0 Å². The van der Waals surface area contributed by atoms with Gasteiger partial charge in [-0.3, -0.25) is 4.79 Å². The molecule has 1 amide bonds. The van der Waals surface area contributed by atoms with E-state index in [0.29, 0.717) is 11.1 Å². The zero-order valence-corrected chi connectivity index (χ0v) is 13.8. The summed E-state index contributed by atoms with van der Waals surface area (Å²) >= 11 is 0. The maximum atomic E-state index is 13.1. The van der Waals surface area contributed by atoms with Crippen LogP contribution in [-0.4, -0.2) is 27.6 Å². The van der Waals surface area contributed by atoms with Crippen molar-refractivity contribution in [2.45, 2.75) is 32.4 Å². The number of aromatic nitrogens is 1. The van der Waals surface area contributed by atoms with E-state index < -0.39 is 11.6 Å². The highest BCUT2D eigenvalue weighted by Gasteiger charge is 2.24. The fraction of sp³-hybridized carbons (Fsp3) is 0.263. The van der Waals surface area contributed by atoms with Gasteiger partial charge in [-0.25, -0.2) is 9.37 Å². The van der Waals surface area contributed by atoms with E-state index in [9.17, 15) is 14.3 Å². The summed E-state index contributed by atoms with van der Waals surface area (Å²) in [5.41, 5.74) is 0.399.